The van der Waals surface area contributed by atoms with E-state index < -0.39 is 0 Å². The average molecular weight is 746 g/mol. The second-order valence-electron chi connectivity index (χ2n) is 15.7. The Labute approximate surface area is 337 Å². The summed E-state index contributed by atoms with van der Waals surface area (Å²) in [5.41, 5.74) is 16.1. The van der Waals surface area contributed by atoms with Gasteiger partial charge in [-0.05, 0) is 103 Å². The van der Waals surface area contributed by atoms with E-state index in [-0.39, 0.29) is 5.41 Å². The Morgan fingerprint density at radius 2 is 0.895 bits per heavy atom. The highest BCUT2D eigenvalue weighted by molar-refractivity contribution is 7.25. The number of para-hydroxylation sites is 1. The lowest BCUT2D eigenvalue weighted by Gasteiger charge is -2.30. The summed E-state index contributed by atoms with van der Waals surface area (Å²) in [6, 6.07) is 73.8. The van der Waals surface area contributed by atoms with Crippen LogP contribution in [0, 0.1) is 0 Å². The van der Waals surface area contributed by atoms with Crippen LogP contribution < -0.4 is 4.90 Å². The Morgan fingerprint density at radius 1 is 0.351 bits per heavy atom. The number of fused-ring (bicyclic) bond motifs is 7. The highest BCUT2D eigenvalue weighted by atomic mass is 32.1. The van der Waals surface area contributed by atoms with Gasteiger partial charge in [-0.2, -0.15) is 0 Å². The largest absolute Gasteiger partial charge is 0.310 e. The van der Waals surface area contributed by atoms with Crippen LogP contribution in [-0.4, -0.2) is 0 Å². The molecule has 0 spiro atoms. The van der Waals surface area contributed by atoms with Gasteiger partial charge in [-0.1, -0.05) is 172 Å². The monoisotopic (exact) mass is 745 g/mol. The zero-order chi connectivity index (χ0) is 38.1. The Morgan fingerprint density at radius 3 is 1.68 bits per heavy atom. The fraction of sp³-hybridized carbons (Fsp3) is 0.0545. The molecule has 10 aromatic rings. The SMILES string of the molecule is CC1(C)c2ccccc2-c2ccc(N(c3ccc(-c4ccc(-c5ccc6c(c5)sc5ccccc56)c5ccccc45)cc3)c3ccccc3-c3ccccc3)cc21. The molecule has 0 fully saturated rings. The Bertz CT molecular complexity index is 3150. The molecule has 0 bridgehead atoms. The van der Waals surface area contributed by atoms with Gasteiger partial charge in [0, 0.05) is 42.5 Å². The molecule has 57 heavy (non-hydrogen) atoms. The van der Waals surface area contributed by atoms with E-state index in [1.807, 2.05) is 11.3 Å². The minimum Gasteiger partial charge on any atom is -0.310 e. The molecule has 0 saturated carbocycles. The van der Waals surface area contributed by atoms with Crippen molar-refractivity contribution in [3.8, 4) is 44.5 Å². The van der Waals surface area contributed by atoms with Crippen molar-refractivity contribution in [2.45, 2.75) is 19.3 Å². The fourth-order valence-corrected chi connectivity index (χ4v) is 10.4. The smallest absolute Gasteiger partial charge is 0.0540 e. The lowest BCUT2D eigenvalue weighted by molar-refractivity contribution is 0.660. The van der Waals surface area contributed by atoms with E-state index in [2.05, 4.69) is 219 Å². The molecule has 2 heteroatoms. The van der Waals surface area contributed by atoms with Gasteiger partial charge in [-0.25, -0.2) is 0 Å². The Balaban J connectivity index is 1.03. The number of anilines is 3. The van der Waals surface area contributed by atoms with E-state index in [0.717, 1.165) is 17.1 Å². The minimum absolute atomic E-state index is 0.104. The molecule has 0 atom stereocenters. The lowest BCUT2D eigenvalue weighted by Crippen LogP contribution is -2.16. The summed E-state index contributed by atoms with van der Waals surface area (Å²) < 4.78 is 2.66. The van der Waals surface area contributed by atoms with Gasteiger partial charge in [0.05, 0.1) is 5.69 Å². The molecule has 1 aliphatic rings. The molecule has 9 aromatic carbocycles. The lowest BCUT2D eigenvalue weighted by atomic mass is 9.82. The first-order valence-corrected chi connectivity index (χ1v) is 20.6. The molecule has 0 aliphatic heterocycles. The van der Waals surface area contributed by atoms with Crippen LogP contribution in [0.3, 0.4) is 0 Å². The summed E-state index contributed by atoms with van der Waals surface area (Å²) in [7, 11) is 0. The van der Waals surface area contributed by atoms with Crippen LogP contribution in [0.5, 0.6) is 0 Å². The van der Waals surface area contributed by atoms with E-state index >= 15 is 0 Å². The molecule has 270 valence electrons. The van der Waals surface area contributed by atoms with Crippen molar-refractivity contribution in [3.05, 3.63) is 211 Å². The molecule has 1 heterocycles. The first-order chi connectivity index (χ1) is 28.0. The number of benzene rings is 9. The average Bonchev–Trinajstić information content (AvgIpc) is 3.75. The number of thiophene rings is 1. The maximum atomic E-state index is 2.44. The molecule has 1 aromatic heterocycles. The molecule has 0 unspecified atom stereocenters. The first-order valence-electron chi connectivity index (χ1n) is 19.8. The molecule has 0 saturated heterocycles. The van der Waals surface area contributed by atoms with E-state index in [1.165, 1.54) is 86.6 Å². The molecule has 0 amide bonds. The van der Waals surface area contributed by atoms with Crippen LogP contribution in [0.1, 0.15) is 25.0 Å². The molecule has 0 N–H and O–H groups in total. The summed E-state index contributed by atoms with van der Waals surface area (Å²) >= 11 is 1.87. The second-order valence-corrected chi connectivity index (χ2v) is 16.8. The highest BCUT2D eigenvalue weighted by Gasteiger charge is 2.36. The summed E-state index contributed by atoms with van der Waals surface area (Å²) in [4.78, 5) is 2.44. The normalized spacial score (nSPS) is 12.9. The third-order valence-electron chi connectivity index (χ3n) is 12.1. The quantitative estimate of drug-likeness (QED) is 0.164. The number of rotatable bonds is 6. The predicted octanol–water partition coefficient (Wildman–Crippen LogP) is 16.0. The Kier molecular flexibility index (Phi) is 7.77. The maximum absolute atomic E-state index is 2.44. The maximum Gasteiger partial charge on any atom is 0.0540 e. The van der Waals surface area contributed by atoms with Crippen molar-refractivity contribution in [1.29, 1.82) is 0 Å². The van der Waals surface area contributed by atoms with Gasteiger partial charge in [0.2, 0.25) is 0 Å². The van der Waals surface area contributed by atoms with Gasteiger partial charge in [0.1, 0.15) is 0 Å². The van der Waals surface area contributed by atoms with Gasteiger partial charge in [-0.3, -0.25) is 0 Å². The van der Waals surface area contributed by atoms with Gasteiger partial charge in [0.15, 0.2) is 0 Å². The van der Waals surface area contributed by atoms with Crippen molar-refractivity contribution >= 4 is 59.3 Å². The molecule has 1 nitrogen and oxygen atoms in total. The van der Waals surface area contributed by atoms with E-state index in [4.69, 9.17) is 0 Å². The van der Waals surface area contributed by atoms with Crippen molar-refractivity contribution in [2.75, 3.05) is 4.90 Å². The van der Waals surface area contributed by atoms with Crippen LogP contribution in [-0.2, 0) is 5.41 Å². The summed E-state index contributed by atoms with van der Waals surface area (Å²) in [5.74, 6) is 0. The third kappa shape index (κ3) is 5.44. The summed E-state index contributed by atoms with van der Waals surface area (Å²) in [6.07, 6.45) is 0. The first kappa shape index (κ1) is 33.6. The number of hydrogen-bond acceptors (Lipinski definition) is 2. The topological polar surface area (TPSA) is 3.24 Å². The van der Waals surface area contributed by atoms with Crippen LogP contribution >= 0.6 is 11.3 Å². The highest BCUT2D eigenvalue weighted by Crippen LogP contribution is 2.51. The van der Waals surface area contributed by atoms with E-state index in [1.54, 1.807) is 0 Å². The van der Waals surface area contributed by atoms with Crippen molar-refractivity contribution in [1.82, 2.24) is 0 Å². The van der Waals surface area contributed by atoms with Crippen molar-refractivity contribution in [2.24, 2.45) is 0 Å². The zero-order valence-electron chi connectivity index (χ0n) is 31.9. The van der Waals surface area contributed by atoms with Crippen molar-refractivity contribution in [3.63, 3.8) is 0 Å². The van der Waals surface area contributed by atoms with Gasteiger partial charge < -0.3 is 4.90 Å². The standard InChI is InChI=1S/C55H39NS/c1-55(2)50-21-11-8-19-46(50)47-31-29-40(35-51(47)55)56(52-22-12-9-16-43(52)36-14-4-3-5-15-36)39-27-24-37(25-28-39)41-32-33-42(45-18-7-6-17-44(41)45)38-26-30-49-48-20-10-13-23-53(48)57-54(49)34-38/h3-35H,1-2H3. The number of nitrogens with zero attached hydrogens (tertiary/aromatic N) is 1. The van der Waals surface area contributed by atoms with Crippen LogP contribution in [0.25, 0.3) is 75.5 Å². The summed E-state index contributed by atoms with van der Waals surface area (Å²) in [6.45, 7) is 4.72. The third-order valence-corrected chi connectivity index (χ3v) is 13.2. The van der Waals surface area contributed by atoms with E-state index in [9.17, 15) is 0 Å². The summed E-state index contributed by atoms with van der Waals surface area (Å²) in [5, 5.41) is 5.18. The molecular formula is C55H39NS. The van der Waals surface area contributed by atoms with Gasteiger partial charge in [-0.15, -0.1) is 11.3 Å². The molecule has 11 rings (SSSR count). The van der Waals surface area contributed by atoms with Gasteiger partial charge >= 0.3 is 0 Å². The fourth-order valence-electron chi connectivity index (χ4n) is 9.28. The number of hydrogen-bond donors (Lipinski definition) is 0. The van der Waals surface area contributed by atoms with Crippen LogP contribution in [0.2, 0.25) is 0 Å². The zero-order valence-corrected chi connectivity index (χ0v) is 32.7. The second kappa shape index (κ2) is 13.2. The minimum atomic E-state index is -0.104. The van der Waals surface area contributed by atoms with E-state index in [0.29, 0.717) is 0 Å². The predicted molar refractivity (Wildman–Crippen MR) is 245 cm³/mol. The Hall–Kier alpha value is -6.74. The molecular weight excluding hydrogens is 707 g/mol. The van der Waals surface area contributed by atoms with Crippen LogP contribution in [0.15, 0.2) is 200 Å². The molecule has 0 radical (unpaired) electrons. The van der Waals surface area contributed by atoms with Crippen LogP contribution in [0.4, 0.5) is 17.1 Å². The molecule has 1 aliphatic carbocycles. The van der Waals surface area contributed by atoms with Crippen molar-refractivity contribution < 1.29 is 0 Å². The van der Waals surface area contributed by atoms with Gasteiger partial charge in [0.25, 0.3) is 0 Å².